The molecule has 7 heteroatoms. The molecule has 7 nitrogen and oxygen atoms in total. The number of aryl methyl sites for hydroxylation is 2. The highest BCUT2D eigenvalue weighted by atomic mass is 16.4. The lowest BCUT2D eigenvalue weighted by Crippen LogP contribution is -2.32. The Morgan fingerprint density at radius 3 is 2.72 bits per heavy atom. The van der Waals surface area contributed by atoms with Gasteiger partial charge >= 0.3 is 0 Å². The maximum atomic E-state index is 10.0. The number of aromatic nitrogens is 2. The molecule has 1 aliphatic heterocycles. The largest absolute Gasteiger partial charge is 0.409 e. The molecule has 1 aromatic rings. The zero-order valence-corrected chi connectivity index (χ0v) is 10.9. The number of β-amino-alcohol motifs (C(OH)–C–C–N with tert-alkyl or cyclic N) is 1. The summed E-state index contributed by atoms with van der Waals surface area (Å²) in [7, 11) is 1.81. The van der Waals surface area contributed by atoms with Crippen molar-refractivity contribution < 1.29 is 10.3 Å². The van der Waals surface area contributed by atoms with E-state index < -0.39 is 5.60 Å². The van der Waals surface area contributed by atoms with Crippen LogP contribution in [-0.2, 0) is 7.05 Å². The molecule has 2 rings (SSSR count). The predicted octanol–water partition coefficient (Wildman–Crippen LogP) is -0.216. The fourth-order valence-electron chi connectivity index (χ4n) is 2.48. The van der Waals surface area contributed by atoms with Crippen LogP contribution in [0.25, 0.3) is 0 Å². The molecule has 1 aliphatic rings. The number of nitrogens with two attached hydrogens (primary N) is 1. The van der Waals surface area contributed by atoms with Crippen LogP contribution in [0.1, 0.15) is 24.6 Å². The summed E-state index contributed by atoms with van der Waals surface area (Å²) < 4.78 is 1.70. The Labute approximate surface area is 105 Å². The van der Waals surface area contributed by atoms with Gasteiger partial charge in [0.05, 0.1) is 16.9 Å². The molecule has 0 bridgehead atoms. The van der Waals surface area contributed by atoms with E-state index in [1.165, 1.54) is 0 Å². The molecule has 2 heterocycles. The lowest BCUT2D eigenvalue weighted by Gasteiger charge is -2.21. The summed E-state index contributed by atoms with van der Waals surface area (Å²) in [6.45, 7) is 4.85. The molecule has 4 N–H and O–H groups in total. The minimum absolute atomic E-state index is 0.0437. The van der Waals surface area contributed by atoms with Gasteiger partial charge in [0.15, 0.2) is 5.84 Å². The number of hydrogen-bond donors (Lipinski definition) is 3. The molecule has 0 aromatic carbocycles. The third-order valence-corrected chi connectivity index (χ3v) is 3.31. The Morgan fingerprint density at radius 1 is 1.56 bits per heavy atom. The number of anilines is 1. The van der Waals surface area contributed by atoms with Gasteiger partial charge in [0.2, 0.25) is 0 Å². The number of nitrogens with zero attached hydrogens (tertiary/aromatic N) is 4. The Morgan fingerprint density at radius 2 is 2.22 bits per heavy atom. The van der Waals surface area contributed by atoms with Gasteiger partial charge in [0.1, 0.15) is 5.82 Å². The minimum Gasteiger partial charge on any atom is -0.409 e. The molecule has 1 unspecified atom stereocenters. The van der Waals surface area contributed by atoms with Gasteiger partial charge in [-0.3, -0.25) is 4.68 Å². The lowest BCUT2D eigenvalue weighted by molar-refractivity contribution is 0.0838. The maximum Gasteiger partial charge on any atom is 0.175 e. The van der Waals surface area contributed by atoms with Crippen LogP contribution < -0.4 is 10.6 Å². The smallest absolute Gasteiger partial charge is 0.175 e. The van der Waals surface area contributed by atoms with Crippen molar-refractivity contribution in [3.63, 3.8) is 0 Å². The Kier molecular flexibility index (Phi) is 2.94. The topological polar surface area (TPSA) is 99.9 Å². The van der Waals surface area contributed by atoms with E-state index in [0.29, 0.717) is 24.2 Å². The van der Waals surface area contributed by atoms with Crippen LogP contribution in [0, 0.1) is 6.92 Å². The average molecular weight is 253 g/mol. The molecule has 1 fully saturated rings. The summed E-state index contributed by atoms with van der Waals surface area (Å²) in [6, 6.07) is 0. The van der Waals surface area contributed by atoms with Crippen molar-refractivity contribution in [1.82, 2.24) is 9.78 Å². The van der Waals surface area contributed by atoms with Crippen LogP contribution in [0.2, 0.25) is 0 Å². The first-order valence-corrected chi connectivity index (χ1v) is 5.84. The van der Waals surface area contributed by atoms with Crippen molar-refractivity contribution >= 4 is 11.7 Å². The van der Waals surface area contributed by atoms with Gasteiger partial charge in [-0.15, -0.1) is 0 Å². The van der Waals surface area contributed by atoms with Crippen molar-refractivity contribution in [3.8, 4) is 0 Å². The third kappa shape index (κ3) is 2.01. The summed E-state index contributed by atoms with van der Waals surface area (Å²) in [5.41, 5.74) is 6.32. The number of hydrogen-bond acceptors (Lipinski definition) is 5. The van der Waals surface area contributed by atoms with Gasteiger partial charge in [-0.2, -0.15) is 5.10 Å². The van der Waals surface area contributed by atoms with Gasteiger partial charge in [-0.1, -0.05) is 5.16 Å². The summed E-state index contributed by atoms with van der Waals surface area (Å²) in [5, 5.41) is 26.2. The van der Waals surface area contributed by atoms with E-state index in [4.69, 9.17) is 10.9 Å². The van der Waals surface area contributed by atoms with Crippen molar-refractivity contribution in [2.75, 3.05) is 18.0 Å². The highest BCUT2D eigenvalue weighted by molar-refractivity contribution is 6.02. The second-order valence-electron chi connectivity index (χ2n) is 5.06. The standard InChI is InChI=1S/C11H19N5O2/c1-7-8(9(12)14-18)10(15(3)13-7)16-5-4-11(2,17)6-16/h17-18H,4-6H2,1-3H3,(H2,12,14). The van der Waals surface area contributed by atoms with Gasteiger partial charge in [-0.25, -0.2) is 0 Å². The Hall–Kier alpha value is -1.76. The van der Waals surface area contributed by atoms with Crippen molar-refractivity contribution in [2.45, 2.75) is 25.9 Å². The van der Waals surface area contributed by atoms with Gasteiger partial charge < -0.3 is 20.9 Å². The zero-order valence-electron chi connectivity index (χ0n) is 10.9. The van der Waals surface area contributed by atoms with Crippen LogP contribution in [0.5, 0.6) is 0 Å². The van der Waals surface area contributed by atoms with E-state index >= 15 is 0 Å². The highest BCUT2D eigenvalue weighted by Gasteiger charge is 2.34. The molecular formula is C11H19N5O2. The number of amidine groups is 1. The van der Waals surface area contributed by atoms with E-state index in [9.17, 15) is 5.11 Å². The van der Waals surface area contributed by atoms with Crippen molar-refractivity contribution in [1.29, 1.82) is 0 Å². The SMILES string of the molecule is Cc1nn(C)c(N2CCC(C)(O)C2)c1C(N)=NO. The predicted molar refractivity (Wildman–Crippen MR) is 67.9 cm³/mol. The van der Waals surface area contributed by atoms with E-state index in [0.717, 1.165) is 12.4 Å². The first-order chi connectivity index (χ1) is 8.35. The van der Waals surface area contributed by atoms with Gasteiger partial charge in [0, 0.05) is 20.1 Å². The normalized spacial score (nSPS) is 24.9. The fraction of sp³-hybridized carbons (Fsp3) is 0.636. The van der Waals surface area contributed by atoms with Crippen LogP contribution >= 0.6 is 0 Å². The molecule has 0 spiro atoms. The minimum atomic E-state index is -0.708. The molecular weight excluding hydrogens is 234 g/mol. The molecule has 1 atom stereocenters. The Bertz CT molecular complexity index is 492. The van der Waals surface area contributed by atoms with Gasteiger partial charge in [-0.05, 0) is 20.3 Å². The average Bonchev–Trinajstić information content (AvgIpc) is 2.77. The van der Waals surface area contributed by atoms with E-state index in [1.807, 2.05) is 18.9 Å². The quantitative estimate of drug-likeness (QED) is 0.293. The second-order valence-corrected chi connectivity index (χ2v) is 5.06. The highest BCUT2D eigenvalue weighted by Crippen LogP contribution is 2.30. The Balaban J connectivity index is 2.45. The zero-order chi connectivity index (χ0) is 13.5. The summed E-state index contributed by atoms with van der Waals surface area (Å²) >= 11 is 0. The summed E-state index contributed by atoms with van der Waals surface area (Å²) in [4.78, 5) is 2.01. The molecule has 1 saturated heterocycles. The van der Waals surface area contributed by atoms with E-state index in [2.05, 4.69) is 10.3 Å². The molecule has 1 aromatic heterocycles. The second kappa shape index (κ2) is 4.16. The summed E-state index contributed by atoms with van der Waals surface area (Å²) in [6.07, 6.45) is 0.687. The first kappa shape index (κ1) is 12.7. The molecule has 0 amide bonds. The van der Waals surface area contributed by atoms with Crippen molar-refractivity contribution in [2.24, 2.45) is 17.9 Å². The monoisotopic (exact) mass is 253 g/mol. The van der Waals surface area contributed by atoms with Gasteiger partial charge in [0.25, 0.3) is 0 Å². The number of oxime groups is 1. The van der Waals surface area contributed by atoms with E-state index in [-0.39, 0.29) is 5.84 Å². The first-order valence-electron chi connectivity index (χ1n) is 5.84. The molecule has 0 aliphatic carbocycles. The van der Waals surface area contributed by atoms with Crippen LogP contribution in [0.3, 0.4) is 0 Å². The third-order valence-electron chi connectivity index (χ3n) is 3.31. The molecule has 18 heavy (non-hydrogen) atoms. The van der Waals surface area contributed by atoms with Crippen LogP contribution in [0.15, 0.2) is 5.16 Å². The van der Waals surface area contributed by atoms with Crippen molar-refractivity contribution in [3.05, 3.63) is 11.3 Å². The summed E-state index contributed by atoms with van der Waals surface area (Å²) in [5.74, 6) is 0.822. The number of rotatable bonds is 2. The molecule has 0 radical (unpaired) electrons. The van der Waals surface area contributed by atoms with Crippen LogP contribution in [-0.4, -0.2) is 44.6 Å². The molecule has 100 valence electrons. The van der Waals surface area contributed by atoms with Crippen LogP contribution in [0.4, 0.5) is 5.82 Å². The lowest BCUT2D eigenvalue weighted by atomic mass is 10.1. The number of aliphatic hydroxyl groups is 1. The fourth-order valence-corrected chi connectivity index (χ4v) is 2.48. The maximum absolute atomic E-state index is 10.0. The van der Waals surface area contributed by atoms with E-state index in [1.54, 1.807) is 11.6 Å². The molecule has 0 saturated carbocycles.